The molecule has 224 valence electrons. The maximum Gasteiger partial charge on any atom is 0.326 e. The summed E-state index contributed by atoms with van der Waals surface area (Å²) in [5.41, 5.74) is 3.55. The number of carboxylic acids is 1. The van der Waals surface area contributed by atoms with E-state index in [1.54, 1.807) is 24.5 Å². The minimum Gasteiger partial charge on any atom is -0.496 e. The average molecular weight is 588 g/mol. The molecular weight excluding hydrogens is 553 g/mol. The van der Waals surface area contributed by atoms with Gasteiger partial charge in [0.2, 0.25) is 11.7 Å². The Bertz CT molecular complexity index is 1530. The molecule has 2 atom stereocenters. The van der Waals surface area contributed by atoms with Crippen molar-refractivity contribution in [3.05, 3.63) is 84.5 Å². The Balaban J connectivity index is 1.20. The quantitative estimate of drug-likeness (QED) is 0.195. The number of ether oxygens (including phenoxy) is 1. The van der Waals surface area contributed by atoms with Crippen LogP contribution in [0.5, 0.6) is 5.75 Å². The topological polar surface area (TPSA) is 145 Å². The van der Waals surface area contributed by atoms with E-state index in [4.69, 9.17) is 4.74 Å². The zero-order chi connectivity index (χ0) is 30.2. The fourth-order valence-electron chi connectivity index (χ4n) is 5.25. The SMILES string of the molecule is COc1ccccc1-c1ccc(C[C@H](NC(=O)C2CCCN(c3ncnc(NCCc4cnc[nH]4)c3F)C2)C(=O)O)cc1. The number of nitrogens with zero attached hydrogens (tertiary/aromatic N) is 4. The van der Waals surface area contributed by atoms with Crippen LogP contribution in [0.3, 0.4) is 0 Å². The lowest BCUT2D eigenvalue weighted by Crippen LogP contribution is -2.49. The van der Waals surface area contributed by atoms with Gasteiger partial charge in [-0.05, 0) is 30.0 Å². The number of methoxy groups -OCH3 is 1. The van der Waals surface area contributed by atoms with Gasteiger partial charge in [-0.15, -0.1) is 0 Å². The number of halogens is 1. The number of nitrogens with one attached hydrogen (secondary N) is 3. The number of imidazole rings is 1. The number of piperidine rings is 1. The molecule has 0 radical (unpaired) electrons. The molecule has 12 heteroatoms. The highest BCUT2D eigenvalue weighted by Gasteiger charge is 2.31. The van der Waals surface area contributed by atoms with Crippen LogP contribution in [0.1, 0.15) is 24.1 Å². The molecule has 4 aromatic rings. The molecule has 1 aliphatic rings. The van der Waals surface area contributed by atoms with Crippen molar-refractivity contribution in [3.8, 4) is 16.9 Å². The molecule has 1 unspecified atom stereocenters. The number of carbonyl (C=O) groups is 2. The van der Waals surface area contributed by atoms with Gasteiger partial charge in [-0.2, -0.15) is 4.39 Å². The van der Waals surface area contributed by atoms with E-state index < -0.39 is 23.7 Å². The van der Waals surface area contributed by atoms with E-state index >= 15 is 4.39 Å². The van der Waals surface area contributed by atoms with E-state index in [0.717, 1.165) is 28.1 Å². The van der Waals surface area contributed by atoms with Crippen molar-refractivity contribution in [1.82, 2.24) is 25.3 Å². The second-order valence-electron chi connectivity index (χ2n) is 10.4. The molecule has 1 amide bonds. The van der Waals surface area contributed by atoms with Crippen LogP contribution in [0.15, 0.2) is 67.4 Å². The average Bonchev–Trinajstić information content (AvgIpc) is 3.55. The van der Waals surface area contributed by atoms with Gasteiger partial charge in [0.25, 0.3) is 0 Å². The number of aromatic nitrogens is 4. The summed E-state index contributed by atoms with van der Waals surface area (Å²) in [6.07, 6.45) is 6.51. The van der Waals surface area contributed by atoms with Gasteiger partial charge >= 0.3 is 5.97 Å². The van der Waals surface area contributed by atoms with E-state index in [1.165, 1.54) is 6.33 Å². The Morgan fingerprint density at radius 3 is 2.74 bits per heavy atom. The standard InChI is InChI=1S/C31H34FN7O4/c1-43-26-7-3-2-6-24(26)21-10-8-20(9-11-21)15-25(31(41)42)38-30(40)22-5-4-14-39(17-22)29-27(32)28(36-19-37-29)34-13-12-23-16-33-18-35-23/h2-3,6-11,16,18-19,22,25H,4-5,12-15,17H2,1H3,(H,33,35)(H,38,40)(H,41,42)(H,34,36,37)/t22?,25-/m0/s1. The molecule has 4 N–H and O–H groups in total. The Morgan fingerprint density at radius 2 is 2.00 bits per heavy atom. The Hall–Kier alpha value is -5.00. The van der Waals surface area contributed by atoms with Crippen molar-refractivity contribution < 1.29 is 23.8 Å². The summed E-state index contributed by atoms with van der Waals surface area (Å²) in [7, 11) is 1.61. The van der Waals surface area contributed by atoms with Crippen LogP contribution in [-0.2, 0) is 22.4 Å². The largest absolute Gasteiger partial charge is 0.496 e. The van der Waals surface area contributed by atoms with E-state index in [-0.39, 0.29) is 30.5 Å². The molecule has 0 bridgehead atoms. The van der Waals surface area contributed by atoms with Gasteiger partial charge < -0.3 is 30.4 Å². The first-order chi connectivity index (χ1) is 20.9. The van der Waals surface area contributed by atoms with Crippen LogP contribution in [0.25, 0.3) is 11.1 Å². The van der Waals surface area contributed by atoms with E-state index in [1.807, 2.05) is 48.5 Å². The number of benzene rings is 2. The summed E-state index contributed by atoms with van der Waals surface area (Å²) in [6, 6.07) is 14.1. The van der Waals surface area contributed by atoms with Crippen molar-refractivity contribution in [1.29, 1.82) is 0 Å². The zero-order valence-electron chi connectivity index (χ0n) is 23.8. The second-order valence-corrected chi connectivity index (χ2v) is 10.4. The first-order valence-electron chi connectivity index (χ1n) is 14.1. The molecular formula is C31H34FN7O4. The molecule has 43 heavy (non-hydrogen) atoms. The highest BCUT2D eigenvalue weighted by Crippen LogP contribution is 2.30. The fourth-order valence-corrected chi connectivity index (χ4v) is 5.25. The lowest BCUT2D eigenvalue weighted by atomic mass is 9.95. The van der Waals surface area contributed by atoms with Crippen LogP contribution in [0.2, 0.25) is 0 Å². The minimum absolute atomic E-state index is 0.0822. The third-order valence-electron chi connectivity index (χ3n) is 7.53. The first-order valence-corrected chi connectivity index (χ1v) is 14.1. The van der Waals surface area contributed by atoms with Gasteiger partial charge in [0.1, 0.15) is 18.1 Å². The minimum atomic E-state index is -1.12. The van der Waals surface area contributed by atoms with E-state index in [2.05, 4.69) is 30.6 Å². The third-order valence-corrected chi connectivity index (χ3v) is 7.53. The smallest absolute Gasteiger partial charge is 0.326 e. The number of carbonyl (C=O) groups excluding carboxylic acids is 1. The maximum absolute atomic E-state index is 15.4. The highest BCUT2D eigenvalue weighted by atomic mass is 19.1. The van der Waals surface area contributed by atoms with Gasteiger partial charge in [-0.3, -0.25) is 4.79 Å². The number of carboxylic acid groups (broad SMARTS) is 1. The summed E-state index contributed by atoms with van der Waals surface area (Å²) in [5.74, 6) is -1.67. The number of amides is 1. The zero-order valence-corrected chi connectivity index (χ0v) is 23.8. The first kappa shape index (κ1) is 29.5. The number of H-pyrrole nitrogens is 1. The maximum atomic E-state index is 15.4. The number of hydrogen-bond donors (Lipinski definition) is 4. The van der Waals surface area contributed by atoms with Gasteiger partial charge in [-0.1, -0.05) is 42.5 Å². The van der Waals surface area contributed by atoms with Crippen LogP contribution >= 0.6 is 0 Å². The van der Waals surface area contributed by atoms with Crippen molar-refractivity contribution in [3.63, 3.8) is 0 Å². The summed E-state index contributed by atoms with van der Waals surface area (Å²) >= 11 is 0. The number of para-hydroxylation sites is 1. The molecule has 1 fully saturated rings. The summed E-state index contributed by atoms with van der Waals surface area (Å²) in [5, 5.41) is 15.6. The fraction of sp³-hybridized carbons (Fsp3) is 0.323. The van der Waals surface area contributed by atoms with Crippen LogP contribution in [0.4, 0.5) is 16.0 Å². The predicted molar refractivity (Wildman–Crippen MR) is 159 cm³/mol. The molecule has 0 aliphatic carbocycles. The summed E-state index contributed by atoms with van der Waals surface area (Å²) < 4.78 is 20.8. The molecule has 2 aromatic heterocycles. The Kier molecular flexibility index (Phi) is 9.45. The number of hydrogen-bond acceptors (Lipinski definition) is 8. The lowest BCUT2D eigenvalue weighted by molar-refractivity contribution is -0.142. The number of anilines is 2. The second kappa shape index (κ2) is 13.8. The van der Waals surface area contributed by atoms with Gasteiger partial charge in [0.15, 0.2) is 11.6 Å². The number of aliphatic carboxylic acids is 1. The third kappa shape index (κ3) is 7.26. The van der Waals surface area contributed by atoms with Crippen LogP contribution < -0.4 is 20.3 Å². The Morgan fingerprint density at radius 1 is 1.19 bits per heavy atom. The van der Waals surface area contributed by atoms with Gasteiger partial charge in [0.05, 0.1) is 19.4 Å². The van der Waals surface area contributed by atoms with Crippen molar-refractivity contribution in [2.24, 2.45) is 5.92 Å². The molecule has 0 spiro atoms. The highest BCUT2D eigenvalue weighted by molar-refractivity contribution is 5.85. The lowest BCUT2D eigenvalue weighted by Gasteiger charge is -2.33. The summed E-state index contributed by atoms with van der Waals surface area (Å²) in [6.45, 7) is 1.18. The molecule has 5 rings (SSSR count). The van der Waals surface area contributed by atoms with Crippen LogP contribution in [-0.4, -0.2) is 69.7 Å². The van der Waals surface area contributed by atoms with Crippen LogP contribution in [0, 0.1) is 11.7 Å². The monoisotopic (exact) mass is 587 g/mol. The number of aromatic amines is 1. The molecule has 3 heterocycles. The molecule has 0 saturated carbocycles. The van der Waals surface area contributed by atoms with Gasteiger partial charge in [0, 0.05) is 49.9 Å². The Labute approximate surface area is 248 Å². The molecule has 1 saturated heterocycles. The van der Waals surface area contributed by atoms with Crippen molar-refractivity contribution in [2.45, 2.75) is 31.7 Å². The van der Waals surface area contributed by atoms with Crippen molar-refractivity contribution >= 4 is 23.5 Å². The molecule has 11 nitrogen and oxygen atoms in total. The van der Waals surface area contributed by atoms with Crippen molar-refractivity contribution in [2.75, 3.05) is 37.0 Å². The normalized spacial score (nSPS) is 15.5. The summed E-state index contributed by atoms with van der Waals surface area (Å²) in [4.78, 5) is 42.2. The van der Waals surface area contributed by atoms with Gasteiger partial charge in [-0.25, -0.2) is 19.7 Å². The molecule has 2 aromatic carbocycles. The van der Waals surface area contributed by atoms with E-state index in [9.17, 15) is 14.7 Å². The number of rotatable bonds is 12. The molecule has 1 aliphatic heterocycles. The van der Waals surface area contributed by atoms with E-state index in [0.29, 0.717) is 32.4 Å². The predicted octanol–water partition coefficient (Wildman–Crippen LogP) is 3.70.